The zero-order chi connectivity index (χ0) is 48.6. The Hall–Kier alpha value is -3.41. The minimum atomic E-state index is -0.798. The third kappa shape index (κ3) is 53.4. The molecule has 0 aliphatic carbocycles. The zero-order valence-corrected chi connectivity index (χ0v) is 43.9. The molecule has 0 heterocycles. The second-order valence-electron chi connectivity index (χ2n) is 18.5. The van der Waals surface area contributed by atoms with Crippen LogP contribution in [0.15, 0.2) is 85.1 Å². The number of ether oxygens (including phenoxy) is 3. The van der Waals surface area contributed by atoms with Gasteiger partial charge in [-0.15, -0.1) is 0 Å². The number of hydrogen-bond donors (Lipinski definition) is 0. The summed E-state index contributed by atoms with van der Waals surface area (Å²) < 4.78 is 16.8. The number of rotatable bonds is 50. The summed E-state index contributed by atoms with van der Waals surface area (Å²) >= 11 is 0. The lowest BCUT2D eigenvalue weighted by atomic mass is 10.1. The van der Waals surface area contributed by atoms with Gasteiger partial charge in [0.1, 0.15) is 13.2 Å². The fraction of sp³-hybridized carbons (Fsp3) is 0.721. The maximum atomic E-state index is 12.8. The highest BCUT2D eigenvalue weighted by Crippen LogP contribution is 2.14. The SMILES string of the molecule is CCCCC/C=C\C/C=C\C/C=C\CCCCCCC(=O)OCC(COC(=O)CCCCCC/C=C\C/C=C\C/C=C\CCCCC)OC(=O)CCCCCCCCC/C=C\CCCCCC. The number of hydrogen-bond acceptors (Lipinski definition) is 6. The molecule has 0 bridgehead atoms. The van der Waals surface area contributed by atoms with Crippen molar-refractivity contribution in [2.24, 2.45) is 0 Å². The van der Waals surface area contributed by atoms with E-state index in [0.717, 1.165) is 109 Å². The maximum Gasteiger partial charge on any atom is 0.306 e. The van der Waals surface area contributed by atoms with Crippen molar-refractivity contribution in [3.05, 3.63) is 85.1 Å². The standard InChI is InChI=1S/C61H104O6/c1-4-7-10-13-16-19-22-25-28-30-33-35-38-41-44-47-50-53-59(62)65-56-58(67-61(64)55-52-49-46-43-40-37-32-27-24-21-18-15-12-9-6-3)57-66-60(63)54-51-48-45-42-39-36-34-31-29-26-23-20-17-14-11-8-5-2/h16-17,19-21,24-26,28-29,33-36,58H,4-15,18,22-23,27,30-32,37-57H2,1-3H3/b19-16-,20-17-,24-21-,28-25-,29-26-,35-33-,36-34-. The molecule has 0 amide bonds. The number of esters is 3. The molecule has 0 N–H and O–H groups in total. The molecule has 0 fully saturated rings. The first-order chi connectivity index (χ1) is 33.0. The topological polar surface area (TPSA) is 78.9 Å². The lowest BCUT2D eigenvalue weighted by Crippen LogP contribution is -2.30. The van der Waals surface area contributed by atoms with Crippen molar-refractivity contribution in [3.63, 3.8) is 0 Å². The van der Waals surface area contributed by atoms with E-state index >= 15 is 0 Å². The number of allylic oxidation sites excluding steroid dienone is 14. The van der Waals surface area contributed by atoms with Crippen molar-refractivity contribution in [3.8, 4) is 0 Å². The molecular weight excluding hydrogens is 829 g/mol. The van der Waals surface area contributed by atoms with Gasteiger partial charge in [0.15, 0.2) is 6.10 Å². The van der Waals surface area contributed by atoms with E-state index in [0.29, 0.717) is 19.3 Å². The van der Waals surface area contributed by atoms with Gasteiger partial charge in [0.2, 0.25) is 0 Å². The largest absolute Gasteiger partial charge is 0.462 e. The molecule has 0 atom stereocenters. The molecule has 0 aliphatic rings. The maximum absolute atomic E-state index is 12.8. The van der Waals surface area contributed by atoms with Crippen LogP contribution in [-0.2, 0) is 28.6 Å². The summed E-state index contributed by atoms with van der Waals surface area (Å²) in [5.41, 5.74) is 0. The van der Waals surface area contributed by atoms with Gasteiger partial charge in [0, 0.05) is 19.3 Å². The molecule has 0 aromatic carbocycles. The predicted molar refractivity (Wildman–Crippen MR) is 288 cm³/mol. The van der Waals surface area contributed by atoms with Crippen LogP contribution in [0.4, 0.5) is 0 Å². The summed E-state index contributed by atoms with van der Waals surface area (Å²) in [4.78, 5) is 38.1. The van der Waals surface area contributed by atoms with E-state index in [1.54, 1.807) is 0 Å². The van der Waals surface area contributed by atoms with E-state index in [2.05, 4.69) is 106 Å². The van der Waals surface area contributed by atoms with Gasteiger partial charge >= 0.3 is 17.9 Å². The van der Waals surface area contributed by atoms with Gasteiger partial charge in [-0.05, 0) is 122 Å². The van der Waals surface area contributed by atoms with Crippen molar-refractivity contribution in [1.29, 1.82) is 0 Å². The van der Waals surface area contributed by atoms with Gasteiger partial charge in [0.05, 0.1) is 0 Å². The Balaban J connectivity index is 4.47. The molecule has 0 rings (SSSR count). The molecule has 67 heavy (non-hydrogen) atoms. The van der Waals surface area contributed by atoms with E-state index < -0.39 is 6.10 Å². The van der Waals surface area contributed by atoms with Gasteiger partial charge in [-0.3, -0.25) is 14.4 Å². The fourth-order valence-corrected chi connectivity index (χ4v) is 7.57. The number of unbranched alkanes of at least 4 members (excludes halogenated alkanes) is 25. The molecule has 6 heteroatoms. The van der Waals surface area contributed by atoms with E-state index in [1.807, 2.05) is 0 Å². The highest BCUT2D eigenvalue weighted by atomic mass is 16.6. The average molecular weight is 933 g/mol. The highest BCUT2D eigenvalue weighted by molar-refractivity contribution is 5.71. The van der Waals surface area contributed by atoms with Crippen molar-refractivity contribution in [2.75, 3.05) is 13.2 Å². The predicted octanol–water partition coefficient (Wildman–Crippen LogP) is 18.8. The molecule has 0 saturated carbocycles. The Kier molecular flexibility index (Phi) is 52.4. The summed E-state index contributed by atoms with van der Waals surface area (Å²) in [6.45, 7) is 6.54. The van der Waals surface area contributed by atoms with Gasteiger partial charge < -0.3 is 14.2 Å². The molecule has 0 aromatic heterocycles. The normalized spacial score (nSPS) is 12.3. The molecule has 6 nitrogen and oxygen atoms in total. The van der Waals surface area contributed by atoms with Gasteiger partial charge in [-0.1, -0.05) is 209 Å². The summed E-state index contributed by atoms with van der Waals surface area (Å²) in [7, 11) is 0. The number of carbonyl (C=O) groups excluding carboxylic acids is 3. The lowest BCUT2D eigenvalue weighted by Gasteiger charge is -2.18. The minimum Gasteiger partial charge on any atom is -0.462 e. The Bertz CT molecular complexity index is 1230. The third-order valence-electron chi connectivity index (χ3n) is 11.8. The van der Waals surface area contributed by atoms with Crippen molar-refractivity contribution in [2.45, 2.75) is 271 Å². The van der Waals surface area contributed by atoms with Crippen LogP contribution in [-0.4, -0.2) is 37.2 Å². The van der Waals surface area contributed by atoms with Crippen LogP contribution < -0.4 is 0 Å². The first-order valence-corrected chi connectivity index (χ1v) is 28.1. The first kappa shape index (κ1) is 63.6. The Morgan fingerprint density at radius 3 is 0.881 bits per heavy atom. The van der Waals surface area contributed by atoms with Crippen LogP contribution in [0.2, 0.25) is 0 Å². The monoisotopic (exact) mass is 933 g/mol. The highest BCUT2D eigenvalue weighted by Gasteiger charge is 2.19. The quantitative estimate of drug-likeness (QED) is 0.0262. The molecule has 0 radical (unpaired) electrons. The fourth-order valence-electron chi connectivity index (χ4n) is 7.57. The smallest absolute Gasteiger partial charge is 0.306 e. The minimum absolute atomic E-state index is 0.0974. The second-order valence-corrected chi connectivity index (χ2v) is 18.5. The van der Waals surface area contributed by atoms with Crippen LogP contribution in [0.3, 0.4) is 0 Å². The Morgan fingerprint density at radius 2 is 0.537 bits per heavy atom. The summed E-state index contributed by atoms with van der Waals surface area (Å²) in [6, 6.07) is 0. The van der Waals surface area contributed by atoms with E-state index in [-0.39, 0.29) is 31.1 Å². The third-order valence-corrected chi connectivity index (χ3v) is 11.8. The Labute approximate surface area is 414 Å². The van der Waals surface area contributed by atoms with E-state index in [4.69, 9.17) is 14.2 Å². The summed E-state index contributed by atoms with van der Waals surface area (Å²) in [6.07, 6.45) is 71.3. The van der Waals surface area contributed by atoms with Crippen molar-refractivity contribution >= 4 is 17.9 Å². The average Bonchev–Trinajstić information content (AvgIpc) is 3.33. The molecule has 0 spiro atoms. The zero-order valence-electron chi connectivity index (χ0n) is 43.9. The van der Waals surface area contributed by atoms with Crippen LogP contribution in [0.5, 0.6) is 0 Å². The molecular formula is C61H104O6. The lowest BCUT2D eigenvalue weighted by molar-refractivity contribution is -0.167. The van der Waals surface area contributed by atoms with Crippen molar-refractivity contribution in [1.82, 2.24) is 0 Å². The van der Waals surface area contributed by atoms with Crippen molar-refractivity contribution < 1.29 is 28.6 Å². The van der Waals surface area contributed by atoms with Gasteiger partial charge in [-0.25, -0.2) is 0 Å². The van der Waals surface area contributed by atoms with Crippen LogP contribution in [0.25, 0.3) is 0 Å². The molecule has 384 valence electrons. The van der Waals surface area contributed by atoms with Crippen LogP contribution in [0, 0.1) is 0 Å². The number of carbonyl (C=O) groups is 3. The first-order valence-electron chi connectivity index (χ1n) is 28.1. The van der Waals surface area contributed by atoms with Gasteiger partial charge in [0.25, 0.3) is 0 Å². The second kappa shape index (κ2) is 55.2. The molecule has 0 aliphatic heterocycles. The van der Waals surface area contributed by atoms with Gasteiger partial charge in [-0.2, -0.15) is 0 Å². The van der Waals surface area contributed by atoms with E-state index in [9.17, 15) is 14.4 Å². The van der Waals surface area contributed by atoms with Crippen LogP contribution >= 0.6 is 0 Å². The molecule has 0 aromatic rings. The molecule has 0 unspecified atom stereocenters. The van der Waals surface area contributed by atoms with E-state index in [1.165, 1.54) is 116 Å². The summed E-state index contributed by atoms with van der Waals surface area (Å²) in [5, 5.41) is 0. The van der Waals surface area contributed by atoms with Crippen LogP contribution in [0.1, 0.15) is 265 Å². The summed E-state index contributed by atoms with van der Waals surface area (Å²) in [5.74, 6) is -0.939. The Morgan fingerprint density at radius 1 is 0.299 bits per heavy atom. The molecule has 0 saturated heterocycles.